The van der Waals surface area contributed by atoms with Gasteiger partial charge in [0.2, 0.25) is 0 Å². The Hall–Kier alpha value is -5.22. The van der Waals surface area contributed by atoms with Crippen LogP contribution in [0.2, 0.25) is 0 Å². The lowest BCUT2D eigenvalue weighted by Crippen LogP contribution is -2.33. The topological polar surface area (TPSA) is 193 Å². The van der Waals surface area contributed by atoms with E-state index in [-0.39, 0.29) is 83.0 Å². The maximum Gasteiger partial charge on any atom is 0.312 e. The molecule has 2 aromatic carbocycles. The summed E-state index contributed by atoms with van der Waals surface area (Å²) in [6.07, 6.45) is 4.38. The molecule has 0 saturated carbocycles. The minimum atomic E-state index is -0.696. The Balaban J connectivity index is 1.23. The van der Waals surface area contributed by atoms with E-state index < -0.39 is 35.6 Å². The Morgan fingerprint density at radius 1 is 0.696 bits per heavy atom. The first-order valence-corrected chi connectivity index (χ1v) is 14.4. The van der Waals surface area contributed by atoms with Gasteiger partial charge in [0.05, 0.1) is 35.7 Å². The number of benzene rings is 2. The summed E-state index contributed by atoms with van der Waals surface area (Å²) in [6.45, 7) is 0.0344. The van der Waals surface area contributed by atoms with Gasteiger partial charge in [-0.15, -0.1) is 25.3 Å². The lowest BCUT2D eigenvalue weighted by molar-refractivity contribution is -0.141. The van der Waals surface area contributed by atoms with Crippen molar-refractivity contribution in [3.8, 4) is 23.0 Å². The predicted octanol–water partition coefficient (Wildman–Crippen LogP) is 1.59. The Morgan fingerprint density at radius 2 is 1.09 bits per heavy atom. The molecule has 2 heterocycles. The van der Waals surface area contributed by atoms with E-state index in [9.17, 15) is 39.0 Å². The highest BCUT2D eigenvalue weighted by Crippen LogP contribution is 2.24. The first kappa shape index (κ1) is 33.7. The molecule has 0 spiro atoms. The molecule has 238 valence electrons. The molecule has 4 amide bonds. The summed E-state index contributed by atoms with van der Waals surface area (Å²) in [4.78, 5) is 81.8. The summed E-state index contributed by atoms with van der Waals surface area (Å²) in [5.74, 6) is -3.69. The van der Waals surface area contributed by atoms with Crippen molar-refractivity contribution in [2.24, 2.45) is 9.98 Å². The zero-order chi connectivity index (χ0) is 33.4. The zero-order valence-corrected chi connectivity index (χ0v) is 25.6. The first-order chi connectivity index (χ1) is 21.9. The molecule has 0 aliphatic carbocycles. The van der Waals surface area contributed by atoms with Crippen molar-refractivity contribution in [3.05, 3.63) is 69.5 Å². The molecular weight excluding hydrogens is 640 g/mol. The number of phenolic OH excluding ortho intramolecular Hbond substituents is 2. The molecular formula is C30H26N4O10S2. The minimum Gasteiger partial charge on any atom is -0.507 e. The van der Waals surface area contributed by atoms with Gasteiger partial charge in [0.15, 0.2) is 0 Å². The van der Waals surface area contributed by atoms with Gasteiger partial charge in [0, 0.05) is 48.8 Å². The van der Waals surface area contributed by atoms with Gasteiger partial charge in [-0.25, -0.2) is 0 Å². The number of esters is 2. The van der Waals surface area contributed by atoms with Gasteiger partial charge in [-0.2, -0.15) is 0 Å². The van der Waals surface area contributed by atoms with E-state index in [0.717, 1.165) is 22.0 Å². The molecule has 46 heavy (non-hydrogen) atoms. The smallest absolute Gasteiger partial charge is 0.312 e. The normalized spacial score (nSPS) is 14.9. The Labute approximate surface area is 272 Å². The predicted molar refractivity (Wildman–Crippen MR) is 169 cm³/mol. The molecule has 0 aromatic heterocycles. The van der Waals surface area contributed by atoms with E-state index in [2.05, 4.69) is 35.2 Å². The van der Waals surface area contributed by atoms with Crippen LogP contribution in [0, 0.1) is 0 Å². The number of hydrogen-bond acceptors (Lipinski definition) is 14. The lowest BCUT2D eigenvalue weighted by Gasteiger charge is -2.13. The lowest BCUT2D eigenvalue weighted by atomic mass is 10.2. The number of carbonyl (C=O) groups excluding carboxylic acids is 6. The molecule has 2 N–H and O–H groups in total. The highest BCUT2D eigenvalue weighted by Gasteiger charge is 2.30. The van der Waals surface area contributed by atoms with Crippen LogP contribution in [0.1, 0.15) is 24.0 Å². The molecule has 4 rings (SSSR count). The maximum atomic E-state index is 12.2. The summed E-state index contributed by atoms with van der Waals surface area (Å²) in [7, 11) is 0. The van der Waals surface area contributed by atoms with Crippen LogP contribution in [-0.4, -0.2) is 94.2 Å². The second kappa shape index (κ2) is 15.2. The number of carbonyl (C=O) groups is 6. The Bertz CT molecular complexity index is 1610. The monoisotopic (exact) mass is 666 g/mol. The van der Waals surface area contributed by atoms with Crippen LogP contribution in [0.4, 0.5) is 0 Å². The number of aliphatic imine (C=N–C) groups is 2. The van der Waals surface area contributed by atoms with E-state index >= 15 is 0 Å². The number of thiol groups is 2. The Morgan fingerprint density at radius 3 is 1.43 bits per heavy atom. The van der Waals surface area contributed by atoms with Gasteiger partial charge >= 0.3 is 11.9 Å². The van der Waals surface area contributed by atoms with Crippen LogP contribution in [0.25, 0.3) is 0 Å². The third kappa shape index (κ3) is 8.70. The van der Waals surface area contributed by atoms with Crippen LogP contribution >= 0.6 is 25.3 Å². The minimum absolute atomic E-state index is 0.00547. The van der Waals surface area contributed by atoms with Crippen molar-refractivity contribution >= 4 is 73.3 Å². The summed E-state index contributed by atoms with van der Waals surface area (Å²) < 4.78 is 10.5. The van der Waals surface area contributed by atoms with Crippen LogP contribution < -0.4 is 9.47 Å². The van der Waals surface area contributed by atoms with E-state index in [4.69, 9.17) is 9.47 Å². The molecule has 0 saturated heterocycles. The molecule has 16 heteroatoms. The van der Waals surface area contributed by atoms with Crippen molar-refractivity contribution in [3.63, 3.8) is 0 Å². The molecule has 0 radical (unpaired) electrons. The third-order valence-electron chi connectivity index (χ3n) is 6.34. The third-order valence-corrected chi connectivity index (χ3v) is 6.98. The number of ether oxygens (including phenoxy) is 2. The van der Waals surface area contributed by atoms with E-state index in [1.807, 2.05) is 0 Å². The number of phenols is 2. The van der Waals surface area contributed by atoms with E-state index in [1.165, 1.54) is 48.8 Å². The maximum absolute atomic E-state index is 12.2. The molecule has 2 aromatic rings. The Kier molecular flexibility index (Phi) is 11.1. The van der Waals surface area contributed by atoms with Gasteiger partial charge in [-0.05, 0) is 36.4 Å². The number of hydrogen-bond donors (Lipinski definition) is 4. The van der Waals surface area contributed by atoms with Crippen molar-refractivity contribution < 1.29 is 48.5 Å². The second-order valence-corrected chi connectivity index (χ2v) is 10.6. The fourth-order valence-electron chi connectivity index (χ4n) is 4.02. The van der Waals surface area contributed by atoms with Gasteiger partial charge in [0.1, 0.15) is 23.0 Å². The number of aromatic hydroxyl groups is 2. The summed E-state index contributed by atoms with van der Waals surface area (Å²) in [6, 6.07) is 8.15. The first-order valence-electron chi connectivity index (χ1n) is 13.5. The number of nitrogens with zero attached hydrogens (tertiary/aromatic N) is 4. The quantitative estimate of drug-likeness (QED) is 0.0610. The highest BCUT2D eigenvalue weighted by molar-refractivity contribution is 7.86. The van der Waals surface area contributed by atoms with Crippen molar-refractivity contribution in [2.45, 2.75) is 12.8 Å². The van der Waals surface area contributed by atoms with Gasteiger partial charge in [-0.3, -0.25) is 48.6 Å². The van der Waals surface area contributed by atoms with Crippen LogP contribution in [0.15, 0.2) is 68.3 Å². The molecule has 14 nitrogen and oxygen atoms in total. The van der Waals surface area contributed by atoms with Crippen LogP contribution in [0.3, 0.4) is 0 Å². The number of imide groups is 2. The summed E-state index contributed by atoms with van der Waals surface area (Å²) in [5.41, 5.74) is 0.520. The standard InChI is InChI=1S/C30H26N4O10S2/c35-21-3-1-19(43-27(39)5-9-33-25(37)13-23(45)29(33)41)11-17(21)15-31-7-8-32-16-18-12-20(2-4-22(18)36)44-28(40)6-10-34-26(38)14-24(46)30(34)42/h1-4,11-16,35-36,45-46H,5-10H2. The fraction of sp³-hybridized carbons (Fsp3) is 0.200. The molecule has 0 atom stereocenters. The molecule has 0 unspecified atom stereocenters. The number of rotatable bonds is 13. The summed E-state index contributed by atoms with van der Waals surface area (Å²) in [5, 5.41) is 20.3. The summed E-state index contributed by atoms with van der Waals surface area (Å²) >= 11 is 7.80. The van der Waals surface area contributed by atoms with Gasteiger partial charge in [-0.1, -0.05) is 0 Å². The second-order valence-electron chi connectivity index (χ2n) is 9.61. The average molecular weight is 667 g/mol. The van der Waals surface area contributed by atoms with E-state index in [1.54, 1.807) is 0 Å². The zero-order valence-electron chi connectivity index (χ0n) is 23.9. The van der Waals surface area contributed by atoms with Gasteiger partial charge < -0.3 is 19.7 Å². The van der Waals surface area contributed by atoms with E-state index in [0.29, 0.717) is 0 Å². The molecule has 0 bridgehead atoms. The highest BCUT2D eigenvalue weighted by atomic mass is 32.1. The van der Waals surface area contributed by atoms with Crippen LogP contribution in [0.5, 0.6) is 23.0 Å². The number of amides is 4. The SMILES string of the molecule is O=C(CCN1C(=O)C=C(S)C1=O)Oc1ccc(O)c(C=NCCN=Cc2cc(OC(=O)CCN3C(=O)C=C(S)C3=O)ccc2O)c1. The fourth-order valence-corrected chi connectivity index (χ4v) is 4.49. The molecule has 2 aliphatic rings. The van der Waals surface area contributed by atoms with Crippen LogP contribution in [-0.2, 0) is 28.8 Å². The van der Waals surface area contributed by atoms with Crippen molar-refractivity contribution in [2.75, 3.05) is 26.2 Å². The molecule has 0 fully saturated rings. The van der Waals surface area contributed by atoms with Crippen molar-refractivity contribution in [1.82, 2.24) is 9.80 Å². The van der Waals surface area contributed by atoms with Crippen molar-refractivity contribution in [1.29, 1.82) is 0 Å². The molecule has 2 aliphatic heterocycles. The van der Waals surface area contributed by atoms with Gasteiger partial charge in [0.25, 0.3) is 23.6 Å². The average Bonchev–Trinajstić information content (AvgIpc) is 3.40. The largest absolute Gasteiger partial charge is 0.507 e.